The monoisotopic (exact) mass is 253 g/mol. The van der Waals surface area contributed by atoms with E-state index in [-0.39, 0.29) is 6.61 Å². The van der Waals surface area contributed by atoms with Crippen molar-refractivity contribution in [3.8, 4) is 0 Å². The lowest BCUT2D eigenvalue weighted by molar-refractivity contribution is -0.133. The summed E-state index contributed by atoms with van der Waals surface area (Å²) in [6.45, 7) is 1.91. The molecule has 1 saturated heterocycles. The second kappa shape index (κ2) is 7.13. The minimum absolute atomic E-state index is 0.228. The molecule has 1 amide bonds. The van der Waals surface area contributed by atoms with Crippen molar-refractivity contribution in [3.05, 3.63) is 0 Å². The van der Waals surface area contributed by atoms with E-state index >= 15 is 0 Å². The van der Waals surface area contributed by atoms with Gasteiger partial charge in [0.2, 0.25) is 5.91 Å². The van der Waals surface area contributed by atoms with Gasteiger partial charge in [0.25, 0.3) is 0 Å². The molecule has 1 aliphatic heterocycles. The second-order valence-corrected chi connectivity index (χ2v) is 6.07. The van der Waals surface area contributed by atoms with Gasteiger partial charge in [-0.05, 0) is 37.5 Å². The number of hydrogen-bond acceptors (Lipinski definition) is 2. The summed E-state index contributed by atoms with van der Waals surface area (Å²) < 4.78 is 0. The lowest BCUT2D eigenvalue weighted by Crippen LogP contribution is -2.40. The molecule has 18 heavy (non-hydrogen) atoms. The van der Waals surface area contributed by atoms with E-state index in [4.69, 9.17) is 0 Å². The normalized spacial score (nSPS) is 25.6. The lowest BCUT2D eigenvalue weighted by Gasteiger charge is -2.32. The first-order chi connectivity index (χ1) is 8.79. The molecule has 2 aliphatic rings. The number of amides is 1. The molecule has 2 fully saturated rings. The van der Waals surface area contributed by atoms with E-state index in [1.165, 1.54) is 32.1 Å². The quantitative estimate of drug-likeness (QED) is 0.818. The van der Waals surface area contributed by atoms with Gasteiger partial charge < -0.3 is 10.0 Å². The van der Waals surface area contributed by atoms with Gasteiger partial charge in [-0.2, -0.15) is 0 Å². The summed E-state index contributed by atoms with van der Waals surface area (Å²) in [5.74, 6) is 1.52. The number of carbonyl (C=O) groups is 1. The number of carbonyl (C=O) groups excluding carboxylic acids is 1. The van der Waals surface area contributed by atoms with E-state index in [1.54, 1.807) is 0 Å². The molecule has 1 heterocycles. The zero-order valence-corrected chi connectivity index (χ0v) is 11.4. The van der Waals surface area contributed by atoms with E-state index in [0.717, 1.165) is 38.3 Å². The molecule has 0 aromatic heterocycles. The maximum atomic E-state index is 12.1. The van der Waals surface area contributed by atoms with Crippen LogP contribution in [-0.2, 0) is 4.79 Å². The van der Waals surface area contributed by atoms with Crippen LogP contribution in [0.15, 0.2) is 0 Å². The summed E-state index contributed by atoms with van der Waals surface area (Å²) in [6.07, 6.45) is 10.7. The van der Waals surface area contributed by atoms with Crippen LogP contribution in [0.5, 0.6) is 0 Å². The molecule has 3 heteroatoms. The van der Waals surface area contributed by atoms with Crippen LogP contribution in [0.2, 0.25) is 0 Å². The SMILES string of the molecule is O=C(CCCC1CCCC1)N1CCCC(CO)C1. The third kappa shape index (κ3) is 3.98. The molecule has 0 radical (unpaired) electrons. The highest BCUT2D eigenvalue weighted by molar-refractivity contribution is 5.76. The van der Waals surface area contributed by atoms with E-state index in [9.17, 15) is 9.90 Å². The number of aliphatic hydroxyl groups excluding tert-OH is 1. The number of aliphatic hydroxyl groups is 1. The second-order valence-electron chi connectivity index (χ2n) is 6.07. The molecule has 0 spiro atoms. The standard InChI is InChI=1S/C15H27NO2/c17-12-14-8-4-10-16(11-14)15(18)9-3-7-13-5-1-2-6-13/h13-14,17H,1-12H2. The van der Waals surface area contributed by atoms with Gasteiger partial charge in [0.05, 0.1) is 0 Å². The highest BCUT2D eigenvalue weighted by atomic mass is 16.3. The molecule has 1 aliphatic carbocycles. The van der Waals surface area contributed by atoms with Crippen LogP contribution in [0.3, 0.4) is 0 Å². The van der Waals surface area contributed by atoms with Crippen molar-refractivity contribution in [2.45, 2.75) is 57.8 Å². The Hall–Kier alpha value is -0.570. The van der Waals surface area contributed by atoms with E-state index in [0.29, 0.717) is 18.2 Å². The first-order valence-electron chi connectivity index (χ1n) is 7.68. The van der Waals surface area contributed by atoms with Gasteiger partial charge in [-0.1, -0.05) is 25.7 Å². The Bertz CT molecular complexity index is 261. The fraction of sp³-hybridized carbons (Fsp3) is 0.933. The van der Waals surface area contributed by atoms with E-state index in [1.807, 2.05) is 4.90 Å². The Morgan fingerprint density at radius 2 is 1.83 bits per heavy atom. The number of rotatable bonds is 5. The summed E-state index contributed by atoms with van der Waals surface area (Å²) in [7, 11) is 0. The fourth-order valence-electron chi connectivity index (χ4n) is 3.44. The lowest BCUT2D eigenvalue weighted by atomic mass is 9.97. The third-order valence-corrected chi connectivity index (χ3v) is 4.61. The molecular formula is C15H27NO2. The van der Waals surface area contributed by atoms with Gasteiger partial charge >= 0.3 is 0 Å². The summed E-state index contributed by atoms with van der Waals surface area (Å²) in [6, 6.07) is 0. The van der Waals surface area contributed by atoms with Crippen molar-refractivity contribution in [2.24, 2.45) is 11.8 Å². The van der Waals surface area contributed by atoms with Gasteiger partial charge in [0.1, 0.15) is 0 Å². The summed E-state index contributed by atoms with van der Waals surface area (Å²) >= 11 is 0. The minimum Gasteiger partial charge on any atom is -0.396 e. The van der Waals surface area contributed by atoms with Crippen LogP contribution in [0.1, 0.15) is 57.8 Å². The molecule has 3 nitrogen and oxygen atoms in total. The van der Waals surface area contributed by atoms with Gasteiger partial charge in [-0.3, -0.25) is 4.79 Å². The van der Waals surface area contributed by atoms with Crippen molar-refractivity contribution in [3.63, 3.8) is 0 Å². The molecule has 0 aromatic carbocycles. The molecule has 0 bridgehead atoms. The molecule has 1 N–H and O–H groups in total. The number of hydrogen-bond donors (Lipinski definition) is 1. The molecule has 1 unspecified atom stereocenters. The first kappa shape index (κ1) is 13.9. The molecule has 2 rings (SSSR count). The molecule has 1 atom stereocenters. The highest BCUT2D eigenvalue weighted by Crippen LogP contribution is 2.29. The van der Waals surface area contributed by atoms with Crippen LogP contribution < -0.4 is 0 Å². The Morgan fingerprint density at radius 3 is 2.56 bits per heavy atom. The predicted molar refractivity (Wildman–Crippen MR) is 72.2 cm³/mol. The summed E-state index contributed by atoms with van der Waals surface area (Å²) in [4.78, 5) is 14.0. The molecule has 1 saturated carbocycles. The van der Waals surface area contributed by atoms with Crippen molar-refractivity contribution in [2.75, 3.05) is 19.7 Å². The van der Waals surface area contributed by atoms with Crippen LogP contribution in [-0.4, -0.2) is 35.6 Å². The van der Waals surface area contributed by atoms with Crippen molar-refractivity contribution in [1.29, 1.82) is 0 Å². The number of nitrogens with zero attached hydrogens (tertiary/aromatic N) is 1. The smallest absolute Gasteiger partial charge is 0.222 e. The number of likely N-dealkylation sites (tertiary alicyclic amines) is 1. The summed E-state index contributed by atoms with van der Waals surface area (Å²) in [5, 5.41) is 9.17. The average molecular weight is 253 g/mol. The van der Waals surface area contributed by atoms with Gasteiger partial charge in [-0.25, -0.2) is 0 Å². The fourth-order valence-corrected chi connectivity index (χ4v) is 3.44. The Labute approximate surface area is 111 Å². The topological polar surface area (TPSA) is 40.5 Å². The van der Waals surface area contributed by atoms with Crippen LogP contribution in [0.25, 0.3) is 0 Å². The summed E-state index contributed by atoms with van der Waals surface area (Å²) in [5.41, 5.74) is 0. The van der Waals surface area contributed by atoms with Gasteiger partial charge in [-0.15, -0.1) is 0 Å². The van der Waals surface area contributed by atoms with Crippen molar-refractivity contribution >= 4 is 5.91 Å². The van der Waals surface area contributed by atoms with E-state index in [2.05, 4.69) is 0 Å². The van der Waals surface area contributed by atoms with Gasteiger partial charge in [0.15, 0.2) is 0 Å². The first-order valence-corrected chi connectivity index (χ1v) is 7.68. The zero-order valence-electron chi connectivity index (χ0n) is 11.4. The van der Waals surface area contributed by atoms with E-state index < -0.39 is 0 Å². The average Bonchev–Trinajstić information content (AvgIpc) is 2.92. The van der Waals surface area contributed by atoms with Crippen molar-refractivity contribution < 1.29 is 9.90 Å². The molecule has 0 aromatic rings. The largest absolute Gasteiger partial charge is 0.396 e. The van der Waals surface area contributed by atoms with Gasteiger partial charge in [0, 0.05) is 26.1 Å². The minimum atomic E-state index is 0.228. The Morgan fingerprint density at radius 1 is 1.11 bits per heavy atom. The maximum absolute atomic E-state index is 12.1. The number of piperidine rings is 1. The predicted octanol–water partition coefficient (Wildman–Crippen LogP) is 2.58. The van der Waals surface area contributed by atoms with Crippen LogP contribution in [0, 0.1) is 11.8 Å². The Kier molecular flexibility index (Phi) is 5.48. The maximum Gasteiger partial charge on any atom is 0.222 e. The van der Waals surface area contributed by atoms with Crippen LogP contribution in [0.4, 0.5) is 0 Å². The molecule has 104 valence electrons. The third-order valence-electron chi connectivity index (χ3n) is 4.61. The zero-order chi connectivity index (χ0) is 12.8. The van der Waals surface area contributed by atoms with Crippen LogP contribution >= 0.6 is 0 Å². The highest BCUT2D eigenvalue weighted by Gasteiger charge is 2.23. The molecular weight excluding hydrogens is 226 g/mol. The van der Waals surface area contributed by atoms with Crippen molar-refractivity contribution in [1.82, 2.24) is 4.90 Å². The Balaban J connectivity index is 1.64.